The first-order chi connectivity index (χ1) is 12.3. The largest absolute Gasteiger partial charge is 0.496 e. The summed E-state index contributed by atoms with van der Waals surface area (Å²) in [5.41, 5.74) is -0.272. The Labute approximate surface area is 160 Å². The third-order valence-corrected chi connectivity index (χ3v) is 7.14. The maximum atomic E-state index is 12.6. The molecule has 0 aromatic heterocycles. The van der Waals surface area contributed by atoms with Crippen molar-refractivity contribution in [3.63, 3.8) is 0 Å². The molecular weight excluding hydrogens is 402 g/mol. The molecule has 4 bridgehead atoms. The van der Waals surface area contributed by atoms with E-state index in [-0.39, 0.29) is 27.1 Å². The number of methoxy groups -OCH3 is 1. The van der Waals surface area contributed by atoms with Crippen molar-refractivity contribution < 1.29 is 19.2 Å². The molecule has 0 aliphatic heterocycles. The van der Waals surface area contributed by atoms with E-state index in [1.807, 2.05) is 0 Å². The van der Waals surface area contributed by atoms with Gasteiger partial charge in [-0.25, -0.2) is 0 Å². The molecule has 0 saturated heterocycles. The van der Waals surface area contributed by atoms with Gasteiger partial charge in [0.25, 0.3) is 0 Å². The lowest BCUT2D eigenvalue weighted by atomic mass is 9.49. The van der Waals surface area contributed by atoms with E-state index in [0.29, 0.717) is 24.0 Å². The van der Waals surface area contributed by atoms with E-state index in [2.05, 4.69) is 15.9 Å². The minimum Gasteiger partial charge on any atom is -0.496 e. The molecule has 0 spiro atoms. The Kier molecular flexibility index (Phi) is 4.25. The third-order valence-electron chi connectivity index (χ3n) is 6.22. The molecule has 140 valence electrons. The van der Waals surface area contributed by atoms with Crippen LogP contribution in [0.1, 0.15) is 44.9 Å². The monoisotopic (exact) mass is 423 g/mol. The van der Waals surface area contributed by atoms with Gasteiger partial charge >= 0.3 is 11.7 Å². The SMILES string of the molecule is COc1ccc(OC(=O)CC23CC4CC(CC(Br)(C4)C2)C3)c([N+](=O)[O-])c1. The van der Waals surface area contributed by atoms with Crippen LogP contribution >= 0.6 is 15.9 Å². The first-order valence-electron chi connectivity index (χ1n) is 9.02. The predicted molar refractivity (Wildman–Crippen MR) is 98.7 cm³/mol. The van der Waals surface area contributed by atoms with Crippen molar-refractivity contribution in [3.8, 4) is 11.5 Å². The Morgan fingerprint density at radius 3 is 2.58 bits per heavy atom. The highest BCUT2D eigenvalue weighted by molar-refractivity contribution is 9.10. The van der Waals surface area contributed by atoms with Crippen molar-refractivity contribution in [3.05, 3.63) is 28.3 Å². The molecule has 4 aliphatic carbocycles. The molecule has 26 heavy (non-hydrogen) atoms. The highest BCUT2D eigenvalue weighted by atomic mass is 79.9. The zero-order chi connectivity index (χ0) is 18.5. The van der Waals surface area contributed by atoms with Gasteiger partial charge in [0.05, 0.1) is 24.5 Å². The molecule has 4 fully saturated rings. The van der Waals surface area contributed by atoms with E-state index >= 15 is 0 Å². The lowest BCUT2D eigenvalue weighted by molar-refractivity contribution is -0.385. The minimum absolute atomic E-state index is 0.0147. The molecular formula is C19H22BrNO5. The summed E-state index contributed by atoms with van der Waals surface area (Å²) in [5, 5.41) is 11.3. The number of halogens is 1. The van der Waals surface area contributed by atoms with Crippen LogP contribution in [0.4, 0.5) is 5.69 Å². The zero-order valence-electron chi connectivity index (χ0n) is 14.7. The number of carbonyl (C=O) groups is 1. The molecule has 6 nitrogen and oxygen atoms in total. The number of nitrogens with zero attached hydrogens (tertiary/aromatic N) is 1. The van der Waals surface area contributed by atoms with Crippen molar-refractivity contribution in [1.82, 2.24) is 0 Å². The number of rotatable bonds is 5. The zero-order valence-corrected chi connectivity index (χ0v) is 16.3. The topological polar surface area (TPSA) is 78.7 Å². The van der Waals surface area contributed by atoms with Gasteiger partial charge < -0.3 is 9.47 Å². The van der Waals surface area contributed by atoms with Crippen LogP contribution in [-0.4, -0.2) is 22.3 Å². The first kappa shape index (κ1) is 17.8. The average Bonchev–Trinajstić information content (AvgIpc) is 2.51. The number of carbonyl (C=O) groups excluding carboxylic acids is 1. The maximum Gasteiger partial charge on any atom is 0.315 e. The van der Waals surface area contributed by atoms with E-state index in [1.54, 1.807) is 6.07 Å². The van der Waals surface area contributed by atoms with Gasteiger partial charge in [-0.15, -0.1) is 0 Å². The summed E-state index contributed by atoms with van der Waals surface area (Å²) in [5.74, 6) is 1.33. The number of nitro benzene ring substituents is 1. The van der Waals surface area contributed by atoms with Crippen molar-refractivity contribution in [2.45, 2.75) is 49.3 Å². The Hall–Kier alpha value is -1.63. The number of alkyl halides is 1. The number of ether oxygens (including phenoxy) is 2. The van der Waals surface area contributed by atoms with Crippen molar-refractivity contribution in [2.75, 3.05) is 7.11 Å². The van der Waals surface area contributed by atoms with Crippen molar-refractivity contribution >= 4 is 27.6 Å². The van der Waals surface area contributed by atoms with E-state index in [9.17, 15) is 14.9 Å². The highest BCUT2D eigenvalue weighted by Gasteiger charge is 2.57. The minimum atomic E-state index is -0.552. The fourth-order valence-electron chi connectivity index (χ4n) is 5.86. The van der Waals surface area contributed by atoms with E-state index in [4.69, 9.17) is 9.47 Å². The fraction of sp³-hybridized carbons (Fsp3) is 0.632. The average molecular weight is 424 g/mol. The van der Waals surface area contributed by atoms with Crippen LogP contribution in [0.15, 0.2) is 18.2 Å². The van der Waals surface area contributed by atoms with E-state index < -0.39 is 4.92 Å². The summed E-state index contributed by atoms with van der Waals surface area (Å²) in [4.78, 5) is 23.4. The van der Waals surface area contributed by atoms with Crippen LogP contribution in [0.25, 0.3) is 0 Å². The van der Waals surface area contributed by atoms with Crippen molar-refractivity contribution in [1.29, 1.82) is 0 Å². The second-order valence-electron chi connectivity index (χ2n) is 8.35. The summed E-state index contributed by atoms with van der Waals surface area (Å²) in [6.45, 7) is 0. The van der Waals surface area contributed by atoms with Gasteiger partial charge in [-0.2, -0.15) is 0 Å². The van der Waals surface area contributed by atoms with Crippen molar-refractivity contribution in [2.24, 2.45) is 17.3 Å². The molecule has 1 aromatic carbocycles. The lowest BCUT2D eigenvalue weighted by Gasteiger charge is -2.60. The lowest BCUT2D eigenvalue weighted by Crippen LogP contribution is -2.53. The van der Waals surface area contributed by atoms with E-state index in [0.717, 1.165) is 19.3 Å². The number of hydrogen-bond acceptors (Lipinski definition) is 5. The van der Waals surface area contributed by atoms with E-state index in [1.165, 1.54) is 38.5 Å². The molecule has 2 unspecified atom stereocenters. The summed E-state index contributed by atoms with van der Waals surface area (Å²) in [6.07, 6.45) is 7.12. The highest BCUT2D eigenvalue weighted by Crippen LogP contribution is 2.65. The van der Waals surface area contributed by atoms with Crippen LogP contribution in [0.3, 0.4) is 0 Å². The molecule has 7 heteroatoms. The van der Waals surface area contributed by atoms with Crippen LogP contribution < -0.4 is 9.47 Å². The molecule has 0 heterocycles. The Balaban J connectivity index is 1.51. The molecule has 5 rings (SSSR count). The Morgan fingerprint density at radius 2 is 2.00 bits per heavy atom. The summed E-state index contributed by atoms with van der Waals surface area (Å²) in [6, 6.07) is 4.27. The fourth-order valence-corrected chi connectivity index (χ4v) is 7.37. The number of benzene rings is 1. The Morgan fingerprint density at radius 1 is 1.31 bits per heavy atom. The summed E-state index contributed by atoms with van der Waals surface area (Å²) < 4.78 is 10.6. The van der Waals surface area contributed by atoms with Gasteiger partial charge in [0.15, 0.2) is 0 Å². The summed E-state index contributed by atoms with van der Waals surface area (Å²) in [7, 11) is 1.44. The molecule has 0 N–H and O–H groups in total. The molecule has 4 aliphatic rings. The number of nitro groups is 1. The van der Waals surface area contributed by atoms with Crippen LogP contribution in [0, 0.1) is 27.4 Å². The van der Waals surface area contributed by atoms with Gasteiger partial charge in [0.2, 0.25) is 5.75 Å². The van der Waals surface area contributed by atoms with Crippen LogP contribution in [-0.2, 0) is 4.79 Å². The maximum absolute atomic E-state index is 12.6. The Bertz CT molecular complexity index is 750. The van der Waals surface area contributed by atoms with Crippen LogP contribution in [0.2, 0.25) is 0 Å². The predicted octanol–water partition coefficient (Wildman–Crippen LogP) is 4.63. The second-order valence-corrected chi connectivity index (χ2v) is 10.0. The third kappa shape index (κ3) is 3.21. The quantitative estimate of drug-likeness (QED) is 0.226. The first-order valence-corrected chi connectivity index (χ1v) is 9.81. The van der Waals surface area contributed by atoms with Gasteiger partial charge in [-0.1, -0.05) is 15.9 Å². The summed E-state index contributed by atoms with van der Waals surface area (Å²) >= 11 is 3.94. The normalized spacial score (nSPS) is 34.5. The molecule has 0 amide bonds. The molecule has 1 aromatic rings. The van der Waals surface area contributed by atoms with Gasteiger partial charge in [0, 0.05) is 4.32 Å². The van der Waals surface area contributed by atoms with Gasteiger partial charge in [-0.05, 0) is 67.9 Å². The second kappa shape index (κ2) is 6.22. The molecule has 4 saturated carbocycles. The smallest absolute Gasteiger partial charge is 0.315 e. The standard InChI is InChI=1S/C19H22BrNO5/c1-25-14-2-3-16(15(5-14)21(23)24)26-17(22)10-18-6-12-4-13(7-18)9-19(20,8-12)11-18/h2-3,5,12-13H,4,6-11H2,1H3. The molecule has 0 radical (unpaired) electrons. The van der Waals surface area contributed by atoms with Gasteiger partial charge in [-0.3, -0.25) is 14.9 Å². The number of hydrogen-bond donors (Lipinski definition) is 0. The van der Waals surface area contributed by atoms with Gasteiger partial charge in [0.1, 0.15) is 5.75 Å². The van der Waals surface area contributed by atoms with Crippen LogP contribution in [0.5, 0.6) is 11.5 Å². The number of esters is 1. The molecule has 2 atom stereocenters.